The molecule has 0 fully saturated rings. The van der Waals surface area contributed by atoms with Crippen molar-refractivity contribution in [3.8, 4) is 11.5 Å². The van der Waals surface area contributed by atoms with Gasteiger partial charge >= 0.3 is 0 Å². The van der Waals surface area contributed by atoms with E-state index in [1.807, 2.05) is 6.07 Å². The first-order valence-electron chi connectivity index (χ1n) is 14.3. The molecule has 1 aromatic rings. The van der Waals surface area contributed by atoms with E-state index in [9.17, 15) is 5.11 Å². The van der Waals surface area contributed by atoms with E-state index >= 15 is 0 Å². The summed E-state index contributed by atoms with van der Waals surface area (Å²) in [6, 6.07) is 1.91. The van der Waals surface area contributed by atoms with E-state index in [1.165, 1.54) is 69.8 Å². The molecule has 0 unspecified atom stereocenters. The van der Waals surface area contributed by atoms with Gasteiger partial charge in [0, 0.05) is 5.56 Å². The molecule has 1 N–H and O–H groups in total. The van der Waals surface area contributed by atoms with E-state index in [-0.39, 0.29) is 5.60 Å². The van der Waals surface area contributed by atoms with E-state index in [4.69, 9.17) is 4.74 Å². The normalized spacial score (nSPS) is 19.6. The lowest BCUT2D eigenvalue weighted by Crippen LogP contribution is -2.37. The minimum Gasteiger partial charge on any atom is -0.507 e. The third-order valence-electron chi connectivity index (χ3n) is 7.76. The largest absolute Gasteiger partial charge is 0.507 e. The monoisotopic (exact) mass is 490 g/mol. The van der Waals surface area contributed by atoms with Crippen molar-refractivity contribution < 1.29 is 9.84 Å². The van der Waals surface area contributed by atoms with Gasteiger partial charge in [-0.25, -0.2) is 0 Å². The van der Waals surface area contributed by atoms with Crippen LogP contribution in [0.2, 0.25) is 0 Å². The minimum atomic E-state index is -0.0786. The molecule has 1 aromatic carbocycles. The highest BCUT2D eigenvalue weighted by atomic mass is 32.2. The SMILES string of the molecule is CCCCSc1c(O)cc(C)c2c1CC[C@@](C)(CCC[C@H](C)CCC[C@H](C)CCCC(C)C)O2. The Kier molecular flexibility index (Phi) is 12.7. The molecule has 0 saturated carbocycles. The lowest BCUT2D eigenvalue weighted by atomic mass is 9.85. The number of ether oxygens (including phenoxy) is 1. The van der Waals surface area contributed by atoms with Gasteiger partial charge in [-0.1, -0.05) is 86.0 Å². The summed E-state index contributed by atoms with van der Waals surface area (Å²) in [4.78, 5) is 1.06. The van der Waals surface area contributed by atoms with Gasteiger partial charge in [-0.2, -0.15) is 0 Å². The Balaban J connectivity index is 1.78. The van der Waals surface area contributed by atoms with E-state index < -0.39 is 0 Å². The average Bonchev–Trinajstić information content (AvgIpc) is 2.76. The van der Waals surface area contributed by atoms with Crippen LogP contribution in [-0.4, -0.2) is 16.5 Å². The van der Waals surface area contributed by atoms with E-state index in [0.29, 0.717) is 5.75 Å². The fraction of sp³-hybridized carbons (Fsp3) is 0.806. The molecule has 0 spiro atoms. The van der Waals surface area contributed by atoms with Gasteiger partial charge in [0.15, 0.2) is 0 Å². The summed E-state index contributed by atoms with van der Waals surface area (Å²) in [5.74, 6) is 5.08. The van der Waals surface area contributed by atoms with Crippen LogP contribution in [0.1, 0.15) is 130 Å². The third-order valence-corrected chi connectivity index (χ3v) is 9.00. The van der Waals surface area contributed by atoms with Crippen LogP contribution in [0.15, 0.2) is 11.0 Å². The number of benzene rings is 1. The maximum atomic E-state index is 10.6. The molecule has 1 aliphatic rings. The van der Waals surface area contributed by atoms with Crippen LogP contribution in [0.5, 0.6) is 11.5 Å². The number of unbranched alkanes of at least 4 members (excludes halogenated alkanes) is 1. The van der Waals surface area contributed by atoms with Crippen molar-refractivity contribution in [3.05, 3.63) is 17.2 Å². The number of aryl methyl sites for hydroxylation is 1. The predicted molar refractivity (Wildman–Crippen MR) is 151 cm³/mol. The van der Waals surface area contributed by atoms with Crippen molar-refractivity contribution in [1.82, 2.24) is 0 Å². The second kappa shape index (κ2) is 14.7. The highest BCUT2D eigenvalue weighted by Crippen LogP contribution is 2.46. The molecule has 2 rings (SSSR count). The molecule has 34 heavy (non-hydrogen) atoms. The molecule has 2 nitrogen and oxygen atoms in total. The Morgan fingerprint density at radius 3 is 2.21 bits per heavy atom. The number of aromatic hydroxyl groups is 1. The molecule has 0 amide bonds. The number of fused-ring (bicyclic) bond motifs is 1. The van der Waals surface area contributed by atoms with Gasteiger partial charge in [0.25, 0.3) is 0 Å². The summed E-state index contributed by atoms with van der Waals surface area (Å²) >= 11 is 1.80. The quantitative estimate of drug-likeness (QED) is 0.185. The van der Waals surface area contributed by atoms with Crippen LogP contribution in [0, 0.1) is 24.7 Å². The summed E-state index contributed by atoms with van der Waals surface area (Å²) in [6.07, 6.45) is 16.4. The van der Waals surface area contributed by atoms with Gasteiger partial charge in [0.2, 0.25) is 0 Å². The number of thioether (sulfide) groups is 1. The Morgan fingerprint density at radius 2 is 1.59 bits per heavy atom. The molecule has 3 heteroatoms. The zero-order valence-electron chi connectivity index (χ0n) is 23.5. The molecule has 0 bridgehead atoms. The topological polar surface area (TPSA) is 29.5 Å². The molecule has 0 aromatic heterocycles. The van der Waals surface area contributed by atoms with Gasteiger partial charge in [-0.05, 0) is 81.1 Å². The summed E-state index contributed by atoms with van der Waals surface area (Å²) in [5.41, 5.74) is 2.24. The Morgan fingerprint density at radius 1 is 0.971 bits per heavy atom. The molecule has 0 radical (unpaired) electrons. The smallest absolute Gasteiger partial charge is 0.129 e. The van der Waals surface area contributed by atoms with Gasteiger partial charge in [-0.15, -0.1) is 11.8 Å². The maximum Gasteiger partial charge on any atom is 0.129 e. The Bertz CT molecular complexity index is 729. The highest BCUT2D eigenvalue weighted by Gasteiger charge is 2.34. The fourth-order valence-corrected chi connectivity index (χ4v) is 6.56. The van der Waals surface area contributed by atoms with Crippen LogP contribution in [0.3, 0.4) is 0 Å². The predicted octanol–water partition coefficient (Wildman–Crippen LogP) is 10.1. The van der Waals surface area contributed by atoms with Crippen molar-refractivity contribution in [3.63, 3.8) is 0 Å². The number of phenolic OH excluding ortho intramolecular Hbond substituents is 1. The van der Waals surface area contributed by atoms with Gasteiger partial charge in [0.05, 0.1) is 4.90 Å². The summed E-state index contributed by atoms with van der Waals surface area (Å²) < 4.78 is 6.68. The maximum absolute atomic E-state index is 10.6. The average molecular weight is 491 g/mol. The molecule has 3 atom stereocenters. The Hall–Kier alpha value is -0.830. The highest BCUT2D eigenvalue weighted by molar-refractivity contribution is 7.99. The van der Waals surface area contributed by atoms with Crippen molar-refractivity contribution in [2.24, 2.45) is 17.8 Å². The lowest BCUT2D eigenvalue weighted by Gasteiger charge is -2.38. The number of phenols is 1. The molecular formula is C31H54O2S. The molecule has 1 heterocycles. The van der Waals surface area contributed by atoms with Crippen molar-refractivity contribution >= 4 is 11.8 Å². The van der Waals surface area contributed by atoms with E-state index in [1.54, 1.807) is 11.8 Å². The van der Waals surface area contributed by atoms with Crippen LogP contribution < -0.4 is 4.74 Å². The molecule has 1 aliphatic heterocycles. The summed E-state index contributed by atoms with van der Waals surface area (Å²) in [7, 11) is 0. The van der Waals surface area contributed by atoms with E-state index in [2.05, 4.69) is 48.5 Å². The van der Waals surface area contributed by atoms with Crippen molar-refractivity contribution in [2.45, 2.75) is 142 Å². The first-order chi connectivity index (χ1) is 16.1. The number of hydrogen-bond donors (Lipinski definition) is 1. The first-order valence-corrected chi connectivity index (χ1v) is 15.3. The zero-order chi connectivity index (χ0) is 25.1. The van der Waals surface area contributed by atoms with Crippen LogP contribution in [-0.2, 0) is 6.42 Å². The minimum absolute atomic E-state index is 0.0786. The van der Waals surface area contributed by atoms with Crippen LogP contribution in [0.4, 0.5) is 0 Å². The lowest BCUT2D eigenvalue weighted by molar-refractivity contribution is 0.0505. The summed E-state index contributed by atoms with van der Waals surface area (Å²) in [5, 5.41) is 10.6. The zero-order valence-corrected chi connectivity index (χ0v) is 24.3. The van der Waals surface area contributed by atoms with Crippen molar-refractivity contribution in [1.29, 1.82) is 0 Å². The molecule has 0 aliphatic carbocycles. The first kappa shape index (κ1) is 29.4. The van der Waals surface area contributed by atoms with Crippen LogP contribution in [0.25, 0.3) is 0 Å². The fourth-order valence-electron chi connectivity index (χ4n) is 5.35. The van der Waals surface area contributed by atoms with Crippen molar-refractivity contribution in [2.75, 3.05) is 5.75 Å². The van der Waals surface area contributed by atoms with Crippen LogP contribution >= 0.6 is 11.8 Å². The second-order valence-electron chi connectivity index (χ2n) is 12.0. The molecule has 196 valence electrons. The standard InChI is InChI=1S/C31H54O2S/c1-8-9-21-34-30-27-18-20-31(7,33-29(27)26(6)22-28(30)32)19-12-17-25(5)16-11-15-24(4)14-10-13-23(2)3/h22-25,32H,8-21H2,1-7H3/t24-,25-,31-/m1/s1. The summed E-state index contributed by atoms with van der Waals surface area (Å²) in [6.45, 7) is 16.2. The van der Waals surface area contributed by atoms with Gasteiger partial charge < -0.3 is 9.84 Å². The molecule has 0 saturated heterocycles. The molecular weight excluding hydrogens is 436 g/mol. The van der Waals surface area contributed by atoms with Gasteiger partial charge in [-0.3, -0.25) is 0 Å². The third kappa shape index (κ3) is 9.67. The van der Waals surface area contributed by atoms with Gasteiger partial charge in [0.1, 0.15) is 17.1 Å². The second-order valence-corrected chi connectivity index (χ2v) is 13.1. The number of hydrogen-bond acceptors (Lipinski definition) is 3. The Labute approximate surface area is 216 Å². The van der Waals surface area contributed by atoms with E-state index in [0.717, 1.165) is 59.0 Å². The number of rotatable bonds is 16.